The second-order valence-corrected chi connectivity index (χ2v) is 5.02. The summed E-state index contributed by atoms with van der Waals surface area (Å²) in [4.78, 5) is 12.6. The number of rotatable bonds is 2. The summed E-state index contributed by atoms with van der Waals surface area (Å²) in [6, 6.07) is 7.56. The molecular formula is C12H10N4OS. The molecule has 0 saturated carbocycles. The van der Waals surface area contributed by atoms with E-state index in [2.05, 4.69) is 15.0 Å². The monoisotopic (exact) mass is 258 g/mol. The molecule has 3 aromatic heterocycles. The summed E-state index contributed by atoms with van der Waals surface area (Å²) in [5, 5.41) is 0.332. The van der Waals surface area contributed by atoms with Crippen LogP contribution < -0.4 is 0 Å². The van der Waals surface area contributed by atoms with E-state index in [0.717, 1.165) is 11.3 Å². The molecule has 0 aliphatic rings. The van der Waals surface area contributed by atoms with Crippen molar-refractivity contribution in [3.63, 3.8) is 0 Å². The summed E-state index contributed by atoms with van der Waals surface area (Å²) < 4.78 is 13.3. The molecule has 0 aliphatic carbocycles. The molecular weight excluding hydrogens is 248 g/mol. The van der Waals surface area contributed by atoms with E-state index >= 15 is 0 Å². The van der Waals surface area contributed by atoms with Gasteiger partial charge in [0.1, 0.15) is 5.65 Å². The van der Waals surface area contributed by atoms with E-state index in [1.54, 1.807) is 24.7 Å². The van der Waals surface area contributed by atoms with Crippen LogP contribution in [0.3, 0.4) is 0 Å². The number of hydrogen-bond donors (Lipinski definition) is 0. The van der Waals surface area contributed by atoms with Crippen LogP contribution in [0.25, 0.3) is 17.0 Å². The minimum atomic E-state index is -1.19. The van der Waals surface area contributed by atoms with Gasteiger partial charge in [-0.05, 0) is 18.2 Å². The fourth-order valence-electron chi connectivity index (χ4n) is 1.74. The summed E-state index contributed by atoms with van der Waals surface area (Å²) >= 11 is 0. The van der Waals surface area contributed by atoms with Gasteiger partial charge in [-0.1, -0.05) is 6.07 Å². The first-order valence-corrected chi connectivity index (χ1v) is 6.90. The van der Waals surface area contributed by atoms with Crippen LogP contribution in [0.1, 0.15) is 0 Å². The molecule has 0 bridgehead atoms. The highest BCUT2D eigenvalue weighted by Gasteiger charge is 2.09. The molecule has 0 saturated heterocycles. The molecule has 6 heteroatoms. The fraction of sp³-hybridized carbons (Fsp3) is 0.0833. The van der Waals surface area contributed by atoms with Crippen LogP contribution in [0.5, 0.6) is 0 Å². The van der Waals surface area contributed by atoms with Gasteiger partial charge in [0.15, 0.2) is 0 Å². The predicted molar refractivity (Wildman–Crippen MR) is 68.6 cm³/mol. The number of nitrogens with zero attached hydrogens (tertiary/aromatic N) is 4. The molecule has 0 aliphatic heterocycles. The molecule has 5 nitrogen and oxygen atoms in total. The summed E-state index contributed by atoms with van der Waals surface area (Å²) in [6.45, 7) is 0. The Kier molecular flexibility index (Phi) is 2.64. The lowest BCUT2D eigenvalue weighted by atomic mass is 10.3. The van der Waals surface area contributed by atoms with Crippen molar-refractivity contribution in [2.75, 3.05) is 6.26 Å². The Bertz CT molecular complexity index is 738. The molecule has 90 valence electrons. The second-order valence-electron chi connectivity index (χ2n) is 3.75. The van der Waals surface area contributed by atoms with Crippen LogP contribution in [0.2, 0.25) is 0 Å². The third-order valence-electron chi connectivity index (χ3n) is 2.57. The van der Waals surface area contributed by atoms with Gasteiger partial charge in [-0.3, -0.25) is 8.61 Å². The number of pyridine rings is 1. The van der Waals surface area contributed by atoms with Crippen molar-refractivity contribution in [1.82, 2.24) is 19.4 Å². The molecule has 3 aromatic rings. The largest absolute Gasteiger partial charge is 0.298 e. The van der Waals surface area contributed by atoms with Gasteiger partial charge in [0, 0.05) is 18.6 Å². The highest BCUT2D eigenvalue weighted by molar-refractivity contribution is 7.84. The van der Waals surface area contributed by atoms with Crippen molar-refractivity contribution in [2.45, 2.75) is 5.16 Å². The molecule has 1 atom stereocenters. The third kappa shape index (κ3) is 1.80. The van der Waals surface area contributed by atoms with Crippen molar-refractivity contribution in [2.24, 2.45) is 0 Å². The zero-order valence-corrected chi connectivity index (χ0v) is 10.5. The van der Waals surface area contributed by atoms with Crippen molar-refractivity contribution in [3.8, 4) is 11.4 Å². The van der Waals surface area contributed by atoms with E-state index in [-0.39, 0.29) is 0 Å². The maximum absolute atomic E-state index is 11.4. The van der Waals surface area contributed by atoms with Crippen LogP contribution >= 0.6 is 0 Å². The zero-order valence-electron chi connectivity index (χ0n) is 9.65. The van der Waals surface area contributed by atoms with E-state index in [9.17, 15) is 4.21 Å². The molecule has 0 fully saturated rings. The smallest absolute Gasteiger partial charge is 0.218 e. The Morgan fingerprint density at radius 3 is 2.94 bits per heavy atom. The Hall–Kier alpha value is -2.08. The SMILES string of the molecule is CS(=O)c1nccc(-c2cnc3ccccn23)n1. The lowest BCUT2D eigenvalue weighted by Crippen LogP contribution is -1.98. The Balaban J connectivity index is 2.20. The lowest BCUT2D eigenvalue weighted by Gasteiger charge is -2.01. The maximum Gasteiger partial charge on any atom is 0.218 e. The summed E-state index contributed by atoms with van der Waals surface area (Å²) in [6.07, 6.45) is 6.84. The maximum atomic E-state index is 11.4. The first-order valence-electron chi connectivity index (χ1n) is 5.34. The van der Waals surface area contributed by atoms with Gasteiger partial charge < -0.3 is 0 Å². The summed E-state index contributed by atoms with van der Waals surface area (Å²) in [5.74, 6) is 0. The second kappa shape index (κ2) is 4.30. The zero-order chi connectivity index (χ0) is 12.5. The molecule has 0 spiro atoms. The summed E-state index contributed by atoms with van der Waals surface area (Å²) in [7, 11) is -1.19. The van der Waals surface area contributed by atoms with Gasteiger partial charge in [0.25, 0.3) is 0 Å². The van der Waals surface area contributed by atoms with Crippen molar-refractivity contribution in [3.05, 3.63) is 42.9 Å². The Morgan fingerprint density at radius 1 is 1.22 bits per heavy atom. The van der Waals surface area contributed by atoms with Crippen LogP contribution in [-0.2, 0) is 10.8 Å². The summed E-state index contributed by atoms with van der Waals surface area (Å²) in [5.41, 5.74) is 2.43. The quantitative estimate of drug-likeness (QED) is 0.654. The van der Waals surface area contributed by atoms with E-state index in [1.165, 1.54) is 0 Å². The van der Waals surface area contributed by atoms with Crippen LogP contribution in [0.15, 0.2) is 48.0 Å². The average Bonchev–Trinajstić information content (AvgIpc) is 2.82. The van der Waals surface area contributed by atoms with Crippen LogP contribution in [-0.4, -0.2) is 29.8 Å². The molecule has 1 unspecified atom stereocenters. The lowest BCUT2D eigenvalue weighted by molar-refractivity contribution is 0.680. The van der Waals surface area contributed by atoms with E-state index in [0.29, 0.717) is 10.9 Å². The van der Waals surface area contributed by atoms with E-state index in [1.807, 2.05) is 28.8 Å². The molecule has 0 radical (unpaired) electrons. The van der Waals surface area contributed by atoms with Crippen molar-refractivity contribution in [1.29, 1.82) is 0 Å². The standard InChI is InChI=1S/C12H10N4OS/c1-18(17)12-13-6-5-9(15-12)10-8-14-11-4-2-3-7-16(10)11/h2-8H,1H3. The fourth-order valence-corrected chi connectivity index (χ4v) is 2.18. The van der Waals surface area contributed by atoms with E-state index in [4.69, 9.17) is 0 Å². The molecule has 0 aromatic carbocycles. The normalized spacial score (nSPS) is 12.7. The number of aromatic nitrogens is 4. The Labute approximate surface area is 106 Å². The molecule has 0 amide bonds. The predicted octanol–water partition coefficient (Wildman–Crippen LogP) is 1.53. The first-order chi connectivity index (χ1) is 8.75. The minimum absolute atomic E-state index is 0.332. The topological polar surface area (TPSA) is 60.2 Å². The van der Waals surface area contributed by atoms with Crippen LogP contribution in [0, 0.1) is 0 Å². The highest BCUT2D eigenvalue weighted by Crippen LogP contribution is 2.18. The van der Waals surface area contributed by atoms with Gasteiger partial charge in [-0.15, -0.1) is 0 Å². The highest BCUT2D eigenvalue weighted by atomic mass is 32.2. The first kappa shape index (κ1) is 11.0. The third-order valence-corrected chi connectivity index (χ3v) is 3.28. The van der Waals surface area contributed by atoms with Gasteiger partial charge in [0.2, 0.25) is 5.16 Å². The molecule has 0 N–H and O–H groups in total. The average molecular weight is 258 g/mol. The number of hydrogen-bond acceptors (Lipinski definition) is 4. The molecule has 3 heterocycles. The van der Waals surface area contributed by atoms with Gasteiger partial charge >= 0.3 is 0 Å². The minimum Gasteiger partial charge on any atom is -0.298 e. The van der Waals surface area contributed by atoms with Gasteiger partial charge in [-0.25, -0.2) is 15.0 Å². The van der Waals surface area contributed by atoms with E-state index < -0.39 is 10.8 Å². The van der Waals surface area contributed by atoms with Gasteiger partial charge in [0.05, 0.1) is 28.4 Å². The Morgan fingerprint density at radius 2 is 2.11 bits per heavy atom. The van der Waals surface area contributed by atoms with Crippen molar-refractivity contribution < 1.29 is 4.21 Å². The molecule has 3 rings (SSSR count). The van der Waals surface area contributed by atoms with Gasteiger partial charge in [-0.2, -0.15) is 0 Å². The number of imidazole rings is 1. The van der Waals surface area contributed by atoms with Crippen molar-refractivity contribution >= 4 is 16.4 Å². The number of fused-ring (bicyclic) bond motifs is 1. The van der Waals surface area contributed by atoms with Crippen LogP contribution in [0.4, 0.5) is 0 Å². The molecule has 18 heavy (non-hydrogen) atoms.